The van der Waals surface area contributed by atoms with Crippen LogP contribution in [0.3, 0.4) is 0 Å². The number of rotatable bonds is 4. The van der Waals surface area contributed by atoms with Crippen molar-refractivity contribution in [1.82, 2.24) is 4.90 Å². The fraction of sp³-hybridized carbons (Fsp3) is 0.857. The molecule has 0 aromatic rings. The average Bonchev–Trinajstić information content (AvgIpc) is 2.38. The Bertz CT molecular complexity index is 310. The maximum absolute atomic E-state index is 11.8. The van der Waals surface area contributed by atoms with Gasteiger partial charge in [0.1, 0.15) is 0 Å². The third-order valence-corrected chi connectivity index (χ3v) is 4.38. The Balaban J connectivity index is 1.79. The summed E-state index contributed by atoms with van der Waals surface area (Å²) in [6.45, 7) is 1.17. The highest BCUT2D eigenvalue weighted by Crippen LogP contribution is 2.27. The van der Waals surface area contributed by atoms with Gasteiger partial charge in [0.15, 0.2) is 0 Å². The smallest absolute Gasteiger partial charge is 0.308 e. The van der Waals surface area contributed by atoms with Crippen LogP contribution in [-0.2, 0) is 9.59 Å². The van der Waals surface area contributed by atoms with E-state index in [4.69, 9.17) is 5.11 Å². The number of carboxylic acid groups (broad SMARTS) is 1. The molecule has 1 atom stereocenters. The first-order chi connectivity index (χ1) is 8.66. The maximum Gasteiger partial charge on any atom is 0.308 e. The zero-order valence-corrected chi connectivity index (χ0v) is 10.9. The highest BCUT2D eigenvalue weighted by atomic mass is 16.4. The van der Waals surface area contributed by atoms with Gasteiger partial charge in [-0.15, -0.1) is 0 Å². The van der Waals surface area contributed by atoms with E-state index in [0.717, 1.165) is 18.9 Å². The fourth-order valence-corrected chi connectivity index (χ4v) is 3.15. The summed E-state index contributed by atoms with van der Waals surface area (Å²) in [6, 6.07) is 0. The molecule has 2 fully saturated rings. The molecule has 2 aliphatic rings. The molecule has 0 spiro atoms. The Hall–Kier alpha value is -1.06. The van der Waals surface area contributed by atoms with Gasteiger partial charge < -0.3 is 10.0 Å². The number of carboxylic acids is 1. The van der Waals surface area contributed by atoms with Gasteiger partial charge in [-0.3, -0.25) is 9.59 Å². The van der Waals surface area contributed by atoms with Crippen molar-refractivity contribution in [3.05, 3.63) is 0 Å². The monoisotopic (exact) mass is 253 g/mol. The lowest BCUT2D eigenvalue weighted by molar-refractivity contribution is -0.147. The molecule has 102 valence electrons. The van der Waals surface area contributed by atoms with E-state index in [2.05, 4.69) is 0 Å². The Morgan fingerprint density at radius 2 is 1.94 bits per heavy atom. The zero-order chi connectivity index (χ0) is 13.0. The number of amides is 1. The van der Waals surface area contributed by atoms with Crippen LogP contribution in [0.2, 0.25) is 0 Å². The molecule has 1 unspecified atom stereocenters. The fourth-order valence-electron chi connectivity index (χ4n) is 3.15. The van der Waals surface area contributed by atoms with E-state index in [1.165, 1.54) is 32.1 Å². The van der Waals surface area contributed by atoms with Gasteiger partial charge in [0.05, 0.1) is 5.92 Å². The van der Waals surface area contributed by atoms with Crippen molar-refractivity contribution in [3.63, 3.8) is 0 Å². The van der Waals surface area contributed by atoms with Crippen LogP contribution in [-0.4, -0.2) is 35.0 Å². The largest absolute Gasteiger partial charge is 0.481 e. The predicted octanol–water partition coefficient (Wildman–Crippen LogP) is 2.28. The quantitative estimate of drug-likeness (QED) is 0.836. The summed E-state index contributed by atoms with van der Waals surface area (Å²) >= 11 is 0. The van der Waals surface area contributed by atoms with Gasteiger partial charge >= 0.3 is 5.97 Å². The van der Waals surface area contributed by atoms with Crippen molar-refractivity contribution in [3.8, 4) is 0 Å². The molecular formula is C14H23NO3. The summed E-state index contributed by atoms with van der Waals surface area (Å²) in [5.74, 6) is -0.223. The second-order valence-corrected chi connectivity index (χ2v) is 5.71. The van der Waals surface area contributed by atoms with Crippen LogP contribution >= 0.6 is 0 Å². The third-order valence-electron chi connectivity index (χ3n) is 4.38. The topological polar surface area (TPSA) is 57.6 Å². The third kappa shape index (κ3) is 3.47. The number of piperidine rings is 1. The first kappa shape index (κ1) is 13.4. The highest BCUT2D eigenvalue weighted by Gasteiger charge is 2.30. The number of hydrogen-bond acceptors (Lipinski definition) is 2. The molecule has 1 aliphatic carbocycles. The van der Waals surface area contributed by atoms with E-state index in [9.17, 15) is 9.59 Å². The van der Waals surface area contributed by atoms with Crippen molar-refractivity contribution >= 4 is 11.9 Å². The van der Waals surface area contributed by atoms with Gasteiger partial charge in [0.25, 0.3) is 0 Å². The predicted molar refractivity (Wildman–Crippen MR) is 68.1 cm³/mol. The molecule has 0 radical (unpaired) electrons. The van der Waals surface area contributed by atoms with E-state index < -0.39 is 5.97 Å². The lowest BCUT2D eigenvalue weighted by Gasteiger charge is -2.32. The van der Waals surface area contributed by atoms with Crippen LogP contribution in [0.5, 0.6) is 0 Å². The van der Waals surface area contributed by atoms with E-state index in [0.29, 0.717) is 19.4 Å². The average molecular weight is 253 g/mol. The van der Waals surface area contributed by atoms with Crippen molar-refractivity contribution in [2.24, 2.45) is 11.8 Å². The molecule has 1 saturated carbocycles. The number of aliphatic carboxylic acids is 1. The number of carbonyl (C=O) groups excluding carboxylic acids is 1. The van der Waals surface area contributed by atoms with Crippen LogP contribution in [0.1, 0.15) is 51.4 Å². The van der Waals surface area contributed by atoms with Gasteiger partial charge in [0, 0.05) is 19.5 Å². The van der Waals surface area contributed by atoms with Crippen LogP contribution in [0, 0.1) is 11.8 Å². The molecule has 0 bridgehead atoms. The molecule has 18 heavy (non-hydrogen) atoms. The summed E-state index contributed by atoms with van der Waals surface area (Å²) in [6.07, 6.45) is 8.51. The summed E-state index contributed by atoms with van der Waals surface area (Å²) in [5, 5.41) is 9.02. The van der Waals surface area contributed by atoms with E-state index in [-0.39, 0.29) is 11.8 Å². The minimum absolute atomic E-state index is 0.142. The maximum atomic E-state index is 11.8. The first-order valence-electron chi connectivity index (χ1n) is 7.17. The van der Waals surface area contributed by atoms with E-state index in [1.807, 2.05) is 0 Å². The normalized spacial score (nSPS) is 26.3. The van der Waals surface area contributed by atoms with Gasteiger partial charge in [-0.25, -0.2) is 0 Å². The lowest BCUT2D eigenvalue weighted by atomic mass is 9.86. The molecule has 1 heterocycles. The van der Waals surface area contributed by atoms with Crippen LogP contribution in [0.25, 0.3) is 0 Å². The van der Waals surface area contributed by atoms with Gasteiger partial charge in [-0.2, -0.15) is 0 Å². The first-order valence-corrected chi connectivity index (χ1v) is 7.17. The number of nitrogens with zero attached hydrogens (tertiary/aromatic N) is 1. The molecule has 2 rings (SSSR count). The molecule has 0 aromatic carbocycles. The summed E-state index contributed by atoms with van der Waals surface area (Å²) in [4.78, 5) is 24.5. The second-order valence-electron chi connectivity index (χ2n) is 5.71. The zero-order valence-electron chi connectivity index (χ0n) is 10.9. The van der Waals surface area contributed by atoms with Crippen molar-refractivity contribution in [2.75, 3.05) is 13.1 Å². The van der Waals surface area contributed by atoms with E-state index in [1.54, 1.807) is 4.90 Å². The summed E-state index contributed by atoms with van der Waals surface area (Å²) in [7, 11) is 0. The van der Waals surface area contributed by atoms with Crippen LogP contribution < -0.4 is 0 Å². The molecule has 0 aromatic heterocycles. The summed E-state index contributed by atoms with van der Waals surface area (Å²) < 4.78 is 0. The number of likely N-dealkylation sites (tertiary alicyclic amines) is 1. The number of hydrogen-bond donors (Lipinski definition) is 1. The lowest BCUT2D eigenvalue weighted by Crippen LogP contribution is -2.43. The van der Waals surface area contributed by atoms with Gasteiger partial charge in [-0.05, 0) is 18.8 Å². The molecule has 1 N–H and O–H groups in total. The SMILES string of the molecule is O=C(O)C1CCC(=O)N(CCC2CCCCC2)C1. The minimum atomic E-state index is -0.759. The Morgan fingerprint density at radius 1 is 1.22 bits per heavy atom. The van der Waals surface area contributed by atoms with E-state index >= 15 is 0 Å². The van der Waals surface area contributed by atoms with Crippen molar-refractivity contribution < 1.29 is 14.7 Å². The standard InChI is InChI=1S/C14H23NO3/c16-13-7-6-12(14(17)18)10-15(13)9-8-11-4-2-1-3-5-11/h11-12H,1-10H2,(H,17,18). The highest BCUT2D eigenvalue weighted by molar-refractivity contribution is 5.80. The Morgan fingerprint density at radius 3 is 2.61 bits per heavy atom. The Labute approximate surface area is 108 Å². The molecule has 1 saturated heterocycles. The van der Waals surface area contributed by atoms with Gasteiger partial charge in [0.2, 0.25) is 5.91 Å². The van der Waals surface area contributed by atoms with Crippen LogP contribution in [0.15, 0.2) is 0 Å². The summed E-state index contributed by atoms with van der Waals surface area (Å²) in [5.41, 5.74) is 0. The van der Waals surface area contributed by atoms with Gasteiger partial charge in [-0.1, -0.05) is 32.1 Å². The second kappa shape index (κ2) is 6.21. The molecule has 1 aliphatic heterocycles. The van der Waals surface area contributed by atoms with Crippen molar-refractivity contribution in [1.29, 1.82) is 0 Å². The minimum Gasteiger partial charge on any atom is -0.481 e. The Kier molecular flexibility index (Phi) is 4.61. The van der Waals surface area contributed by atoms with Crippen LogP contribution in [0.4, 0.5) is 0 Å². The molecular weight excluding hydrogens is 230 g/mol. The molecule has 4 nitrogen and oxygen atoms in total. The number of carbonyl (C=O) groups is 2. The molecule has 4 heteroatoms. The van der Waals surface area contributed by atoms with Crippen molar-refractivity contribution in [2.45, 2.75) is 51.4 Å². The molecule has 1 amide bonds.